The average Bonchev–Trinajstić information content (AvgIpc) is 2.15. The number of amides is 1. The lowest BCUT2D eigenvalue weighted by Gasteiger charge is -2.39. The third-order valence-corrected chi connectivity index (χ3v) is 2.95. The highest BCUT2D eigenvalue weighted by atomic mass is 16.6. The van der Waals surface area contributed by atoms with Gasteiger partial charge in [-0.15, -0.1) is 0 Å². The smallest absolute Gasteiger partial charge is 0.410 e. The maximum atomic E-state index is 11.8. The Morgan fingerprint density at radius 1 is 1.35 bits per heavy atom. The van der Waals surface area contributed by atoms with Gasteiger partial charge in [0.25, 0.3) is 0 Å². The van der Waals surface area contributed by atoms with Crippen LogP contribution in [0.1, 0.15) is 33.6 Å². The summed E-state index contributed by atoms with van der Waals surface area (Å²) >= 11 is 0. The van der Waals surface area contributed by atoms with Gasteiger partial charge in [0, 0.05) is 18.8 Å². The predicted octanol–water partition coefficient (Wildman–Crippen LogP) is 1.19. The van der Waals surface area contributed by atoms with Gasteiger partial charge in [0.1, 0.15) is 5.60 Å². The lowest BCUT2D eigenvalue weighted by atomic mass is 9.86. The van der Waals surface area contributed by atoms with E-state index in [0.717, 1.165) is 0 Å². The van der Waals surface area contributed by atoms with Gasteiger partial charge in [-0.2, -0.15) is 0 Å². The van der Waals surface area contributed by atoms with Crippen LogP contribution in [0, 0.1) is 0 Å². The standard InChI is InChI=1S/C12H23N3O2/c1-9(13)12(14)5-7-15(8-6-12)10(16)17-11(2,3)4/h1,5-8,13-14H2,2-4H3. The third-order valence-electron chi connectivity index (χ3n) is 2.95. The molecule has 0 radical (unpaired) electrons. The van der Waals surface area contributed by atoms with Crippen LogP contribution in [0.5, 0.6) is 0 Å². The number of ether oxygens (including phenoxy) is 1. The van der Waals surface area contributed by atoms with Gasteiger partial charge in [-0.05, 0) is 33.6 Å². The summed E-state index contributed by atoms with van der Waals surface area (Å²) in [6, 6.07) is 0. The molecule has 0 aliphatic carbocycles. The first kappa shape index (κ1) is 13.8. The summed E-state index contributed by atoms with van der Waals surface area (Å²) in [7, 11) is 0. The van der Waals surface area contributed by atoms with Crippen LogP contribution in [-0.2, 0) is 4.74 Å². The number of hydrogen-bond donors (Lipinski definition) is 2. The van der Waals surface area contributed by atoms with Crippen molar-refractivity contribution in [2.24, 2.45) is 11.5 Å². The monoisotopic (exact) mass is 241 g/mol. The first-order chi connectivity index (χ1) is 7.64. The summed E-state index contributed by atoms with van der Waals surface area (Å²) in [4.78, 5) is 13.5. The normalized spacial score (nSPS) is 19.9. The molecule has 4 N–H and O–H groups in total. The molecule has 5 nitrogen and oxygen atoms in total. The van der Waals surface area contributed by atoms with Crippen molar-refractivity contribution in [3.63, 3.8) is 0 Å². The molecule has 1 amide bonds. The van der Waals surface area contributed by atoms with E-state index in [1.165, 1.54) is 0 Å². The molecule has 17 heavy (non-hydrogen) atoms. The molecular weight excluding hydrogens is 218 g/mol. The maximum absolute atomic E-state index is 11.8. The second kappa shape index (κ2) is 4.56. The van der Waals surface area contributed by atoms with Crippen LogP contribution < -0.4 is 11.5 Å². The minimum absolute atomic E-state index is 0.290. The fourth-order valence-corrected chi connectivity index (χ4v) is 1.74. The van der Waals surface area contributed by atoms with Crippen molar-refractivity contribution in [3.8, 4) is 0 Å². The van der Waals surface area contributed by atoms with Crippen molar-refractivity contribution < 1.29 is 9.53 Å². The van der Waals surface area contributed by atoms with E-state index < -0.39 is 11.1 Å². The lowest BCUT2D eigenvalue weighted by molar-refractivity contribution is 0.0182. The van der Waals surface area contributed by atoms with E-state index in [2.05, 4.69) is 6.58 Å². The van der Waals surface area contributed by atoms with Crippen LogP contribution in [0.15, 0.2) is 12.3 Å². The summed E-state index contributed by atoms with van der Waals surface area (Å²) in [5, 5.41) is 0. The van der Waals surface area contributed by atoms with Gasteiger partial charge in [0.05, 0.1) is 5.54 Å². The van der Waals surface area contributed by atoms with Gasteiger partial charge in [0.15, 0.2) is 0 Å². The van der Waals surface area contributed by atoms with E-state index in [1.807, 2.05) is 20.8 Å². The Kier molecular flexibility index (Phi) is 3.71. The zero-order chi connectivity index (χ0) is 13.3. The predicted molar refractivity (Wildman–Crippen MR) is 67.3 cm³/mol. The summed E-state index contributed by atoms with van der Waals surface area (Å²) in [6.45, 7) is 10.4. The molecule has 0 unspecified atom stereocenters. The summed E-state index contributed by atoms with van der Waals surface area (Å²) in [6.07, 6.45) is 0.963. The fraction of sp³-hybridized carbons (Fsp3) is 0.750. The SMILES string of the molecule is C=C(N)C1(N)CCN(C(=O)OC(C)(C)C)CC1. The topological polar surface area (TPSA) is 81.6 Å². The highest BCUT2D eigenvalue weighted by Gasteiger charge is 2.35. The number of piperidine rings is 1. The molecule has 1 heterocycles. The zero-order valence-electron chi connectivity index (χ0n) is 11.0. The average molecular weight is 241 g/mol. The number of rotatable bonds is 1. The van der Waals surface area contributed by atoms with Crippen molar-refractivity contribution in [3.05, 3.63) is 12.3 Å². The molecule has 1 saturated heterocycles. The number of carbonyl (C=O) groups is 1. The van der Waals surface area contributed by atoms with Crippen LogP contribution in [0.4, 0.5) is 4.79 Å². The Hall–Kier alpha value is -1.23. The van der Waals surface area contributed by atoms with Gasteiger partial charge in [-0.1, -0.05) is 6.58 Å². The third kappa shape index (κ3) is 3.63. The quantitative estimate of drug-likeness (QED) is 0.722. The highest BCUT2D eigenvalue weighted by Crippen LogP contribution is 2.24. The van der Waals surface area contributed by atoms with Crippen LogP contribution in [0.25, 0.3) is 0 Å². The fourth-order valence-electron chi connectivity index (χ4n) is 1.74. The number of nitrogens with zero attached hydrogens (tertiary/aromatic N) is 1. The molecular formula is C12H23N3O2. The minimum Gasteiger partial charge on any atom is -0.444 e. The minimum atomic E-state index is -0.543. The Balaban J connectivity index is 2.53. The molecule has 5 heteroatoms. The number of carbonyl (C=O) groups excluding carboxylic acids is 1. The molecule has 0 bridgehead atoms. The maximum Gasteiger partial charge on any atom is 0.410 e. The van der Waals surface area contributed by atoms with Gasteiger partial charge in [0.2, 0.25) is 0 Å². The lowest BCUT2D eigenvalue weighted by Crippen LogP contribution is -2.54. The van der Waals surface area contributed by atoms with Crippen molar-refractivity contribution in [2.45, 2.75) is 44.8 Å². The van der Waals surface area contributed by atoms with Crippen LogP contribution >= 0.6 is 0 Å². The van der Waals surface area contributed by atoms with Crippen LogP contribution in [-0.4, -0.2) is 35.2 Å². The van der Waals surface area contributed by atoms with Crippen molar-refractivity contribution in [2.75, 3.05) is 13.1 Å². The molecule has 0 saturated carbocycles. The van der Waals surface area contributed by atoms with Gasteiger partial charge >= 0.3 is 6.09 Å². The molecule has 0 aromatic carbocycles. The first-order valence-corrected chi connectivity index (χ1v) is 5.86. The van der Waals surface area contributed by atoms with Crippen LogP contribution in [0.3, 0.4) is 0 Å². The number of nitrogens with two attached hydrogens (primary N) is 2. The molecule has 0 spiro atoms. The van der Waals surface area contributed by atoms with Crippen molar-refractivity contribution in [1.29, 1.82) is 0 Å². The Morgan fingerprint density at radius 2 is 1.82 bits per heavy atom. The molecule has 1 aliphatic rings. The van der Waals surface area contributed by atoms with E-state index >= 15 is 0 Å². The van der Waals surface area contributed by atoms with Crippen molar-refractivity contribution >= 4 is 6.09 Å². The summed E-state index contributed by atoms with van der Waals surface area (Å²) in [5.41, 5.74) is 11.2. The first-order valence-electron chi connectivity index (χ1n) is 5.86. The molecule has 0 aromatic heterocycles. The zero-order valence-corrected chi connectivity index (χ0v) is 11.0. The van der Waals surface area contributed by atoms with Gasteiger partial charge in [-0.25, -0.2) is 4.79 Å². The Bertz CT molecular complexity index is 312. The number of hydrogen-bond acceptors (Lipinski definition) is 4. The van der Waals surface area contributed by atoms with E-state index in [9.17, 15) is 4.79 Å². The molecule has 98 valence electrons. The molecule has 1 fully saturated rings. The van der Waals surface area contributed by atoms with E-state index in [1.54, 1.807) is 4.90 Å². The summed E-state index contributed by atoms with van der Waals surface area (Å²) < 4.78 is 5.30. The van der Waals surface area contributed by atoms with E-state index in [4.69, 9.17) is 16.2 Å². The summed E-state index contributed by atoms with van der Waals surface area (Å²) in [5.74, 6) is 0. The second-order valence-electron chi connectivity index (χ2n) is 5.65. The molecule has 0 atom stereocenters. The highest BCUT2D eigenvalue weighted by molar-refractivity contribution is 5.68. The van der Waals surface area contributed by atoms with E-state index in [-0.39, 0.29) is 6.09 Å². The van der Waals surface area contributed by atoms with E-state index in [0.29, 0.717) is 31.6 Å². The molecule has 1 aliphatic heterocycles. The Morgan fingerprint density at radius 3 is 2.18 bits per heavy atom. The largest absolute Gasteiger partial charge is 0.444 e. The van der Waals surface area contributed by atoms with Gasteiger partial charge in [-0.3, -0.25) is 0 Å². The molecule has 0 aromatic rings. The second-order valence-corrected chi connectivity index (χ2v) is 5.65. The number of likely N-dealkylation sites (tertiary alicyclic amines) is 1. The Labute approximate surface area is 103 Å². The van der Waals surface area contributed by atoms with Crippen molar-refractivity contribution in [1.82, 2.24) is 4.90 Å². The van der Waals surface area contributed by atoms with Gasteiger partial charge < -0.3 is 21.1 Å². The molecule has 1 rings (SSSR count). The van der Waals surface area contributed by atoms with Crippen LogP contribution in [0.2, 0.25) is 0 Å².